The second kappa shape index (κ2) is 6.33. The van der Waals surface area contributed by atoms with Crippen LogP contribution >= 0.6 is 0 Å². The molecule has 0 saturated carbocycles. The van der Waals surface area contributed by atoms with Gasteiger partial charge in [0, 0.05) is 0 Å². The molecule has 68 valence electrons. The first kappa shape index (κ1) is 11.8. The van der Waals surface area contributed by atoms with Crippen LogP contribution in [0.3, 0.4) is 0 Å². The summed E-state index contributed by atoms with van der Waals surface area (Å²) < 4.78 is 13.8. The van der Waals surface area contributed by atoms with E-state index in [2.05, 4.69) is 27.7 Å². The van der Waals surface area contributed by atoms with Gasteiger partial charge in [0.15, 0.2) is 0 Å². The summed E-state index contributed by atoms with van der Waals surface area (Å²) in [6.45, 7) is 10.1. The van der Waals surface area contributed by atoms with Gasteiger partial charge in [0.2, 0.25) is 0 Å². The zero-order valence-electron chi connectivity index (χ0n) is 8.14. The van der Waals surface area contributed by atoms with Crippen molar-refractivity contribution in [3.05, 3.63) is 0 Å². The molecule has 0 aromatic heterocycles. The van der Waals surface area contributed by atoms with Crippen LogP contribution in [0.4, 0.5) is 0 Å². The molecule has 0 atom stereocenters. The summed E-state index contributed by atoms with van der Waals surface area (Å²) in [6.07, 6.45) is 0. The molecule has 0 aliphatic heterocycles. The topological polar surface area (TPSA) is 18.5 Å². The van der Waals surface area contributed by atoms with E-state index in [-0.39, 0.29) is 0 Å². The van der Waals surface area contributed by atoms with E-state index in [0.29, 0.717) is 0 Å². The SMILES string of the molecule is CC[O][Zr]([CH2]C)([CH2]C)[O]CC. The summed E-state index contributed by atoms with van der Waals surface area (Å²) in [5, 5.41) is 0. The Morgan fingerprint density at radius 3 is 1.36 bits per heavy atom. The molecule has 0 N–H and O–H groups in total. The predicted octanol–water partition coefficient (Wildman–Crippen LogP) is 2.92. The van der Waals surface area contributed by atoms with E-state index in [9.17, 15) is 0 Å². The van der Waals surface area contributed by atoms with Crippen LogP contribution in [0, 0.1) is 0 Å². The molecule has 0 rings (SSSR count). The molecule has 0 aromatic rings. The number of hydrogen-bond donors (Lipinski definition) is 0. The quantitative estimate of drug-likeness (QED) is 0.709. The van der Waals surface area contributed by atoms with E-state index >= 15 is 0 Å². The normalized spacial score (nSPS) is 12.0. The molecule has 0 aliphatic rings. The van der Waals surface area contributed by atoms with Crippen molar-refractivity contribution in [2.45, 2.75) is 36.0 Å². The zero-order valence-corrected chi connectivity index (χ0v) is 10.6. The fourth-order valence-electron chi connectivity index (χ4n) is 1.23. The van der Waals surface area contributed by atoms with Gasteiger partial charge in [-0.05, 0) is 0 Å². The molecule has 3 heteroatoms. The Morgan fingerprint density at radius 2 is 1.18 bits per heavy atom. The van der Waals surface area contributed by atoms with Gasteiger partial charge in [-0.15, -0.1) is 0 Å². The molecular formula is C8H20O2Zr. The van der Waals surface area contributed by atoms with E-state index in [0.717, 1.165) is 21.5 Å². The molecule has 11 heavy (non-hydrogen) atoms. The van der Waals surface area contributed by atoms with E-state index in [1.807, 2.05) is 0 Å². The van der Waals surface area contributed by atoms with Crippen LogP contribution in [0.1, 0.15) is 27.7 Å². The second-order valence-corrected chi connectivity index (χ2v) is 11.9. The van der Waals surface area contributed by atoms with Gasteiger partial charge in [0.1, 0.15) is 0 Å². The molecule has 0 radical (unpaired) electrons. The van der Waals surface area contributed by atoms with E-state index in [4.69, 9.17) is 5.63 Å². The van der Waals surface area contributed by atoms with Crippen LogP contribution in [-0.2, 0) is 26.8 Å². The van der Waals surface area contributed by atoms with Gasteiger partial charge in [-0.3, -0.25) is 0 Å². The first-order valence-electron chi connectivity index (χ1n) is 4.52. The zero-order chi connectivity index (χ0) is 8.74. The van der Waals surface area contributed by atoms with Crippen molar-refractivity contribution in [3.8, 4) is 0 Å². The van der Waals surface area contributed by atoms with Crippen molar-refractivity contribution in [2.24, 2.45) is 0 Å². The molecule has 0 heterocycles. The maximum atomic E-state index is 5.76. The predicted molar refractivity (Wildman–Crippen MR) is 44.2 cm³/mol. The van der Waals surface area contributed by atoms with E-state index in [1.54, 1.807) is 0 Å². The average Bonchev–Trinajstić information content (AvgIpc) is 2.04. The summed E-state index contributed by atoms with van der Waals surface area (Å²) in [4.78, 5) is 0. The van der Waals surface area contributed by atoms with Gasteiger partial charge in [-0.1, -0.05) is 0 Å². The Hall–Kier alpha value is 0.803. The molecule has 0 fully saturated rings. The summed E-state index contributed by atoms with van der Waals surface area (Å²) in [7, 11) is 0. The Balaban J connectivity index is 3.96. The van der Waals surface area contributed by atoms with Crippen LogP contribution < -0.4 is 0 Å². The Morgan fingerprint density at radius 1 is 0.818 bits per heavy atom. The third-order valence-corrected chi connectivity index (χ3v) is 11.2. The Bertz CT molecular complexity index is 84.1. The van der Waals surface area contributed by atoms with Crippen LogP contribution in [0.5, 0.6) is 0 Å². The minimum atomic E-state index is -2.47. The third-order valence-electron chi connectivity index (χ3n) is 1.89. The van der Waals surface area contributed by atoms with Crippen molar-refractivity contribution < 1.29 is 26.8 Å². The van der Waals surface area contributed by atoms with Crippen LogP contribution in [0.15, 0.2) is 0 Å². The molecule has 0 amide bonds. The molecule has 0 aliphatic carbocycles. The second-order valence-electron chi connectivity index (χ2n) is 2.48. The molecular weight excluding hydrogens is 219 g/mol. The first-order chi connectivity index (χ1) is 5.24. The van der Waals surface area contributed by atoms with Gasteiger partial charge < -0.3 is 0 Å². The molecule has 0 unspecified atom stereocenters. The van der Waals surface area contributed by atoms with Crippen molar-refractivity contribution in [1.82, 2.24) is 0 Å². The van der Waals surface area contributed by atoms with Crippen molar-refractivity contribution in [2.75, 3.05) is 13.2 Å². The van der Waals surface area contributed by atoms with Crippen LogP contribution in [0.2, 0.25) is 8.26 Å². The number of rotatable bonds is 6. The standard InChI is InChI=1S/2C2H5O.2C2H5.Zr/c2*1-2-3;2*1-2;/h2*2H2,1H3;2*1H2,2H3;/q2*-1;;;+2. The maximum absolute atomic E-state index is 5.76. The minimum absolute atomic E-state index is 0.817. The molecule has 0 aromatic carbocycles. The Kier molecular flexibility index (Phi) is 6.80. The monoisotopic (exact) mass is 238 g/mol. The van der Waals surface area contributed by atoms with Crippen LogP contribution in [0.25, 0.3) is 0 Å². The average molecular weight is 239 g/mol. The van der Waals surface area contributed by atoms with Gasteiger partial charge in [-0.25, -0.2) is 0 Å². The summed E-state index contributed by atoms with van der Waals surface area (Å²) in [5.74, 6) is 0. The van der Waals surface area contributed by atoms with E-state index in [1.165, 1.54) is 0 Å². The fraction of sp³-hybridized carbons (Fsp3) is 1.00. The third kappa shape index (κ3) is 3.82. The fourth-order valence-corrected chi connectivity index (χ4v) is 7.25. The molecule has 0 spiro atoms. The molecule has 0 bridgehead atoms. The summed E-state index contributed by atoms with van der Waals surface area (Å²) in [5.41, 5.74) is 0. The van der Waals surface area contributed by atoms with Gasteiger partial charge in [0.25, 0.3) is 0 Å². The molecule has 0 saturated heterocycles. The first-order valence-corrected chi connectivity index (χ1v) is 10.0. The van der Waals surface area contributed by atoms with Gasteiger partial charge in [-0.2, -0.15) is 0 Å². The van der Waals surface area contributed by atoms with Crippen molar-refractivity contribution >= 4 is 0 Å². The van der Waals surface area contributed by atoms with Crippen LogP contribution in [-0.4, -0.2) is 13.2 Å². The summed E-state index contributed by atoms with van der Waals surface area (Å²) >= 11 is -2.47. The van der Waals surface area contributed by atoms with Crippen molar-refractivity contribution in [1.29, 1.82) is 0 Å². The molecule has 2 nitrogen and oxygen atoms in total. The summed E-state index contributed by atoms with van der Waals surface area (Å²) in [6, 6.07) is 0. The van der Waals surface area contributed by atoms with Crippen molar-refractivity contribution in [3.63, 3.8) is 0 Å². The Labute approximate surface area is 75.9 Å². The van der Waals surface area contributed by atoms with E-state index < -0.39 is 21.1 Å². The van der Waals surface area contributed by atoms with Gasteiger partial charge in [0.05, 0.1) is 0 Å². The number of hydrogen-bond acceptors (Lipinski definition) is 2. The van der Waals surface area contributed by atoms with Gasteiger partial charge >= 0.3 is 75.9 Å².